The van der Waals surface area contributed by atoms with Crippen LogP contribution in [0.2, 0.25) is 0 Å². The third-order valence-corrected chi connectivity index (χ3v) is 2.97. The molecule has 1 aromatic heterocycles. The number of anilines is 1. The SMILES string of the molecule is CCc1[nH]c2ccc(N)c(C)c2c1C. The number of rotatable bonds is 1. The lowest BCUT2D eigenvalue weighted by Gasteiger charge is -2.02. The maximum Gasteiger partial charge on any atom is 0.0463 e. The summed E-state index contributed by atoms with van der Waals surface area (Å²) in [5.41, 5.74) is 11.8. The first-order valence-corrected chi connectivity index (χ1v) is 5.01. The van der Waals surface area contributed by atoms with E-state index in [1.54, 1.807) is 0 Å². The maximum absolute atomic E-state index is 5.89. The van der Waals surface area contributed by atoms with Gasteiger partial charge in [0, 0.05) is 22.3 Å². The van der Waals surface area contributed by atoms with Crippen LogP contribution < -0.4 is 5.73 Å². The molecule has 0 saturated carbocycles. The summed E-state index contributed by atoms with van der Waals surface area (Å²) in [6.45, 7) is 6.40. The molecule has 0 atom stereocenters. The van der Waals surface area contributed by atoms with Crippen LogP contribution in [-0.2, 0) is 6.42 Å². The van der Waals surface area contributed by atoms with E-state index in [0.29, 0.717) is 0 Å². The van der Waals surface area contributed by atoms with Crippen LogP contribution in [0, 0.1) is 13.8 Å². The minimum atomic E-state index is 0.877. The molecule has 0 aliphatic rings. The molecule has 0 spiro atoms. The van der Waals surface area contributed by atoms with Crippen LogP contribution in [0.25, 0.3) is 10.9 Å². The van der Waals surface area contributed by atoms with Crippen LogP contribution in [-0.4, -0.2) is 4.98 Å². The van der Waals surface area contributed by atoms with Crippen molar-refractivity contribution in [3.05, 3.63) is 29.0 Å². The van der Waals surface area contributed by atoms with Gasteiger partial charge in [-0.3, -0.25) is 0 Å². The van der Waals surface area contributed by atoms with E-state index >= 15 is 0 Å². The summed E-state index contributed by atoms with van der Waals surface area (Å²) < 4.78 is 0. The fourth-order valence-electron chi connectivity index (χ4n) is 2.08. The molecule has 2 rings (SSSR count). The van der Waals surface area contributed by atoms with Crippen molar-refractivity contribution in [3.8, 4) is 0 Å². The highest BCUT2D eigenvalue weighted by Gasteiger charge is 2.09. The number of hydrogen-bond donors (Lipinski definition) is 2. The predicted molar refractivity (Wildman–Crippen MR) is 61.6 cm³/mol. The zero-order valence-corrected chi connectivity index (χ0v) is 8.94. The largest absolute Gasteiger partial charge is 0.398 e. The van der Waals surface area contributed by atoms with Crippen molar-refractivity contribution < 1.29 is 0 Å². The second-order valence-corrected chi connectivity index (χ2v) is 3.78. The molecule has 0 unspecified atom stereocenters. The molecular formula is C12H16N2. The van der Waals surface area contributed by atoms with Gasteiger partial charge in [0.1, 0.15) is 0 Å². The third-order valence-electron chi connectivity index (χ3n) is 2.97. The molecule has 2 nitrogen and oxygen atoms in total. The molecule has 2 aromatic rings. The number of H-pyrrole nitrogens is 1. The number of nitrogens with two attached hydrogens (primary N) is 1. The Kier molecular flexibility index (Phi) is 1.99. The fraction of sp³-hybridized carbons (Fsp3) is 0.333. The van der Waals surface area contributed by atoms with Crippen LogP contribution in [0.15, 0.2) is 12.1 Å². The number of aryl methyl sites for hydroxylation is 3. The zero-order valence-electron chi connectivity index (χ0n) is 8.94. The molecule has 2 heteroatoms. The molecule has 1 aromatic carbocycles. The summed E-state index contributed by atoms with van der Waals surface area (Å²) in [4.78, 5) is 3.43. The van der Waals surface area contributed by atoms with Crippen molar-refractivity contribution in [1.82, 2.24) is 4.98 Å². The number of benzene rings is 1. The smallest absolute Gasteiger partial charge is 0.0463 e. The number of aromatic amines is 1. The second-order valence-electron chi connectivity index (χ2n) is 3.78. The Morgan fingerprint density at radius 3 is 2.57 bits per heavy atom. The van der Waals surface area contributed by atoms with Gasteiger partial charge in [0.05, 0.1) is 0 Å². The van der Waals surface area contributed by atoms with Gasteiger partial charge in [-0.25, -0.2) is 0 Å². The highest BCUT2D eigenvalue weighted by molar-refractivity contribution is 5.91. The number of aromatic nitrogens is 1. The number of hydrogen-bond acceptors (Lipinski definition) is 1. The van der Waals surface area contributed by atoms with Gasteiger partial charge < -0.3 is 10.7 Å². The summed E-state index contributed by atoms with van der Waals surface area (Å²) in [5, 5.41) is 1.29. The molecule has 0 bridgehead atoms. The number of fused-ring (bicyclic) bond motifs is 1. The third kappa shape index (κ3) is 1.10. The Balaban J connectivity index is 2.87. The van der Waals surface area contributed by atoms with Crippen molar-refractivity contribution in [2.24, 2.45) is 0 Å². The molecule has 0 fully saturated rings. The van der Waals surface area contributed by atoms with Crippen LogP contribution in [0.1, 0.15) is 23.7 Å². The molecule has 1 heterocycles. The molecule has 74 valence electrons. The van der Waals surface area contributed by atoms with E-state index in [2.05, 4.69) is 31.8 Å². The van der Waals surface area contributed by atoms with Crippen LogP contribution in [0.3, 0.4) is 0 Å². The van der Waals surface area contributed by atoms with Crippen molar-refractivity contribution >= 4 is 16.6 Å². The lowest BCUT2D eigenvalue weighted by Crippen LogP contribution is -1.89. The van der Waals surface area contributed by atoms with E-state index < -0.39 is 0 Å². The van der Waals surface area contributed by atoms with Gasteiger partial charge >= 0.3 is 0 Å². The Morgan fingerprint density at radius 1 is 1.21 bits per heavy atom. The molecule has 0 aliphatic heterocycles. The standard InChI is InChI=1S/C12H16N2/c1-4-10-8(3)12-7(2)9(13)5-6-11(12)14-10/h5-6,14H,4,13H2,1-3H3. The summed E-state index contributed by atoms with van der Waals surface area (Å²) in [6.07, 6.45) is 1.04. The van der Waals surface area contributed by atoms with Crippen molar-refractivity contribution in [3.63, 3.8) is 0 Å². The Labute approximate surface area is 84.1 Å². The highest BCUT2D eigenvalue weighted by atomic mass is 14.7. The quantitative estimate of drug-likeness (QED) is 0.664. The molecule has 0 saturated heterocycles. The van der Waals surface area contributed by atoms with E-state index in [4.69, 9.17) is 5.73 Å². The lowest BCUT2D eigenvalue weighted by molar-refractivity contribution is 1.05. The van der Waals surface area contributed by atoms with Gasteiger partial charge in [-0.15, -0.1) is 0 Å². The van der Waals surface area contributed by atoms with Gasteiger partial charge in [-0.2, -0.15) is 0 Å². The normalized spacial score (nSPS) is 11.1. The van der Waals surface area contributed by atoms with Gasteiger partial charge in [-0.05, 0) is 43.5 Å². The molecule has 3 N–H and O–H groups in total. The number of nitrogens with one attached hydrogen (secondary N) is 1. The van der Waals surface area contributed by atoms with Gasteiger partial charge in [0.25, 0.3) is 0 Å². The van der Waals surface area contributed by atoms with Gasteiger partial charge in [0.15, 0.2) is 0 Å². The highest BCUT2D eigenvalue weighted by Crippen LogP contribution is 2.28. The predicted octanol–water partition coefficient (Wildman–Crippen LogP) is 2.93. The Bertz CT molecular complexity index is 481. The molecule has 0 amide bonds. The topological polar surface area (TPSA) is 41.8 Å². The maximum atomic E-state index is 5.89. The number of nitrogen functional groups attached to an aromatic ring is 1. The summed E-state index contributed by atoms with van der Waals surface area (Å²) in [7, 11) is 0. The van der Waals surface area contributed by atoms with Crippen molar-refractivity contribution in [2.45, 2.75) is 27.2 Å². The average Bonchev–Trinajstić information content (AvgIpc) is 2.50. The van der Waals surface area contributed by atoms with Crippen LogP contribution in [0.4, 0.5) is 5.69 Å². The fourth-order valence-corrected chi connectivity index (χ4v) is 2.08. The van der Waals surface area contributed by atoms with E-state index in [1.165, 1.54) is 27.7 Å². The molecule has 14 heavy (non-hydrogen) atoms. The van der Waals surface area contributed by atoms with E-state index in [-0.39, 0.29) is 0 Å². The van der Waals surface area contributed by atoms with Gasteiger partial charge in [0.2, 0.25) is 0 Å². The second kappa shape index (κ2) is 3.05. The molecule has 0 aliphatic carbocycles. The molecular weight excluding hydrogens is 172 g/mol. The van der Waals surface area contributed by atoms with Gasteiger partial charge in [-0.1, -0.05) is 6.92 Å². The first-order chi connectivity index (χ1) is 6.65. The molecule has 0 radical (unpaired) electrons. The minimum Gasteiger partial charge on any atom is -0.398 e. The summed E-state index contributed by atoms with van der Waals surface area (Å²) in [6, 6.07) is 4.02. The van der Waals surface area contributed by atoms with Crippen molar-refractivity contribution in [1.29, 1.82) is 0 Å². The summed E-state index contributed by atoms with van der Waals surface area (Å²) >= 11 is 0. The van der Waals surface area contributed by atoms with Crippen LogP contribution >= 0.6 is 0 Å². The Morgan fingerprint density at radius 2 is 1.93 bits per heavy atom. The Hall–Kier alpha value is -1.44. The lowest BCUT2D eigenvalue weighted by atomic mass is 10.0. The van der Waals surface area contributed by atoms with E-state index in [0.717, 1.165) is 12.1 Å². The first-order valence-electron chi connectivity index (χ1n) is 5.01. The first kappa shape index (κ1) is 9.13. The minimum absolute atomic E-state index is 0.877. The average molecular weight is 188 g/mol. The van der Waals surface area contributed by atoms with Crippen molar-refractivity contribution in [2.75, 3.05) is 5.73 Å². The van der Waals surface area contributed by atoms with Crippen LogP contribution in [0.5, 0.6) is 0 Å². The zero-order chi connectivity index (χ0) is 10.3. The summed E-state index contributed by atoms with van der Waals surface area (Å²) in [5.74, 6) is 0. The monoisotopic (exact) mass is 188 g/mol. The van der Waals surface area contributed by atoms with E-state index in [9.17, 15) is 0 Å². The van der Waals surface area contributed by atoms with E-state index in [1.807, 2.05) is 6.07 Å².